The minimum absolute atomic E-state index is 0.980. The van der Waals surface area contributed by atoms with E-state index in [1.54, 1.807) is 0 Å². The first-order valence-corrected chi connectivity index (χ1v) is 6.90. The lowest BCUT2D eigenvalue weighted by Crippen LogP contribution is -2.22. The third kappa shape index (κ3) is 1.21. The van der Waals surface area contributed by atoms with Crippen molar-refractivity contribution in [3.05, 3.63) is 70.9 Å². The zero-order valence-corrected chi connectivity index (χ0v) is 10.9. The molecule has 2 aromatic carbocycles. The van der Waals surface area contributed by atoms with Crippen LogP contribution in [0.15, 0.2) is 65.3 Å². The minimum Gasteiger partial charge on any atom is -0.354 e. The van der Waals surface area contributed by atoms with Crippen molar-refractivity contribution in [2.24, 2.45) is 4.99 Å². The van der Waals surface area contributed by atoms with Crippen LogP contribution in [0.5, 0.6) is 0 Å². The Morgan fingerprint density at radius 1 is 1.00 bits per heavy atom. The average molecular weight is 256 g/mol. The molecule has 0 amide bonds. The number of aromatic amines is 1. The van der Waals surface area contributed by atoms with Crippen molar-refractivity contribution in [1.82, 2.24) is 4.98 Å². The van der Waals surface area contributed by atoms with Crippen molar-refractivity contribution in [3.63, 3.8) is 0 Å². The first-order valence-electron chi connectivity index (χ1n) is 6.90. The number of H-pyrrole nitrogens is 1. The van der Waals surface area contributed by atoms with E-state index >= 15 is 0 Å². The van der Waals surface area contributed by atoms with Gasteiger partial charge in [-0.2, -0.15) is 0 Å². The minimum atomic E-state index is 0.980. The highest BCUT2D eigenvalue weighted by Crippen LogP contribution is 2.26. The lowest BCUT2D eigenvalue weighted by Gasteiger charge is -2.03. The fourth-order valence-corrected chi connectivity index (χ4v) is 3.25. The molecule has 1 N–H and O–H groups in total. The van der Waals surface area contributed by atoms with Crippen LogP contribution in [0.2, 0.25) is 0 Å². The van der Waals surface area contributed by atoms with E-state index in [1.165, 1.54) is 32.6 Å². The Balaban J connectivity index is 1.99. The van der Waals surface area contributed by atoms with Crippen LogP contribution in [0.1, 0.15) is 6.42 Å². The SMILES string of the molecule is C1=CCC2=c3cc4[nH]c5ccccc5c4cc3=NC2=C1. The van der Waals surface area contributed by atoms with Crippen LogP contribution in [0, 0.1) is 0 Å². The van der Waals surface area contributed by atoms with Crippen molar-refractivity contribution >= 4 is 27.4 Å². The van der Waals surface area contributed by atoms with Gasteiger partial charge in [-0.25, -0.2) is 4.99 Å². The molecule has 5 rings (SSSR count). The first kappa shape index (κ1) is 10.2. The fourth-order valence-electron chi connectivity index (χ4n) is 3.25. The molecule has 0 radical (unpaired) electrons. The molecule has 0 atom stereocenters. The van der Waals surface area contributed by atoms with Crippen molar-refractivity contribution in [1.29, 1.82) is 0 Å². The van der Waals surface area contributed by atoms with E-state index in [-0.39, 0.29) is 0 Å². The van der Waals surface area contributed by atoms with Crippen LogP contribution in [0.4, 0.5) is 0 Å². The van der Waals surface area contributed by atoms with Gasteiger partial charge in [0.15, 0.2) is 0 Å². The van der Waals surface area contributed by atoms with Crippen molar-refractivity contribution < 1.29 is 0 Å². The molecule has 94 valence electrons. The lowest BCUT2D eigenvalue weighted by atomic mass is 10.0. The van der Waals surface area contributed by atoms with E-state index in [2.05, 4.69) is 59.6 Å². The van der Waals surface area contributed by atoms with E-state index in [1.807, 2.05) is 0 Å². The van der Waals surface area contributed by atoms with E-state index in [4.69, 9.17) is 4.99 Å². The smallest absolute Gasteiger partial charge is 0.0720 e. The highest BCUT2D eigenvalue weighted by atomic mass is 14.8. The largest absolute Gasteiger partial charge is 0.354 e. The maximum atomic E-state index is 4.77. The molecular weight excluding hydrogens is 244 g/mol. The monoisotopic (exact) mass is 256 g/mol. The van der Waals surface area contributed by atoms with Gasteiger partial charge in [-0.05, 0) is 36.3 Å². The quantitative estimate of drug-likeness (QED) is 0.640. The third-order valence-electron chi connectivity index (χ3n) is 4.21. The molecule has 1 aliphatic carbocycles. The molecule has 1 aromatic heterocycles. The number of rotatable bonds is 0. The molecular formula is C18H12N2. The van der Waals surface area contributed by atoms with Crippen LogP contribution in [0.25, 0.3) is 27.4 Å². The van der Waals surface area contributed by atoms with Crippen LogP contribution in [-0.4, -0.2) is 4.98 Å². The maximum absolute atomic E-state index is 4.77. The predicted molar refractivity (Wildman–Crippen MR) is 81.8 cm³/mol. The van der Waals surface area contributed by atoms with E-state index in [9.17, 15) is 0 Å². The Morgan fingerprint density at radius 3 is 2.95 bits per heavy atom. The lowest BCUT2D eigenvalue weighted by molar-refractivity contribution is 1.28. The van der Waals surface area contributed by atoms with Gasteiger partial charge < -0.3 is 4.98 Å². The van der Waals surface area contributed by atoms with Crippen LogP contribution < -0.4 is 10.6 Å². The number of hydrogen-bond acceptors (Lipinski definition) is 1. The maximum Gasteiger partial charge on any atom is 0.0720 e. The molecule has 2 nitrogen and oxygen atoms in total. The zero-order chi connectivity index (χ0) is 13.1. The second kappa shape index (κ2) is 3.48. The Labute approximate surface area is 115 Å². The standard InChI is InChI=1S/C18H12N2/c1-3-7-15-11(5-1)13-9-18-14(10-17(13)19-15)12-6-2-4-8-16(12)20-18/h1-5,7-10,19H,6H2. The number of nitrogens with zero attached hydrogens (tertiary/aromatic N) is 1. The van der Waals surface area contributed by atoms with Crippen LogP contribution in [0.3, 0.4) is 0 Å². The second-order valence-corrected chi connectivity index (χ2v) is 5.36. The Hall–Kier alpha value is -2.61. The number of benzene rings is 2. The van der Waals surface area contributed by atoms with Gasteiger partial charge in [-0.3, -0.25) is 0 Å². The summed E-state index contributed by atoms with van der Waals surface area (Å²) >= 11 is 0. The number of aromatic nitrogens is 1. The molecule has 0 fully saturated rings. The molecule has 0 bridgehead atoms. The van der Waals surface area contributed by atoms with Gasteiger partial charge in [0, 0.05) is 27.0 Å². The normalized spacial score (nSPS) is 16.2. The fraction of sp³-hybridized carbons (Fsp3) is 0.0556. The van der Waals surface area contributed by atoms with Gasteiger partial charge in [0.25, 0.3) is 0 Å². The van der Waals surface area contributed by atoms with Crippen LogP contribution >= 0.6 is 0 Å². The van der Waals surface area contributed by atoms with E-state index < -0.39 is 0 Å². The van der Waals surface area contributed by atoms with Gasteiger partial charge in [-0.1, -0.05) is 30.4 Å². The molecule has 1 aliphatic heterocycles. The summed E-state index contributed by atoms with van der Waals surface area (Å²) in [5, 5.41) is 4.91. The molecule has 0 spiro atoms. The summed E-state index contributed by atoms with van der Waals surface area (Å²) in [4.78, 5) is 8.28. The van der Waals surface area contributed by atoms with Crippen molar-refractivity contribution in [3.8, 4) is 0 Å². The second-order valence-electron chi connectivity index (χ2n) is 5.36. The van der Waals surface area contributed by atoms with Crippen molar-refractivity contribution in [2.75, 3.05) is 0 Å². The third-order valence-corrected chi connectivity index (χ3v) is 4.21. The molecule has 0 saturated heterocycles. The van der Waals surface area contributed by atoms with Gasteiger partial charge in [0.05, 0.1) is 11.1 Å². The van der Waals surface area contributed by atoms with Gasteiger partial charge in [-0.15, -0.1) is 0 Å². The number of para-hydroxylation sites is 1. The number of hydrogen-bond donors (Lipinski definition) is 1. The molecule has 0 unspecified atom stereocenters. The molecule has 0 saturated carbocycles. The summed E-state index contributed by atoms with van der Waals surface area (Å²) in [6.45, 7) is 0. The van der Waals surface area contributed by atoms with Gasteiger partial charge in [0.1, 0.15) is 0 Å². The Morgan fingerprint density at radius 2 is 1.95 bits per heavy atom. The van der Waals surface area contributed by atoms with Gasteiger partial charge >= 0.3 is 0 Å². The number of allylic oxidation sites excluding steroid dienone is 4. The van der Waals surface area contributed by atoms with E-state index in [0.29, 0.717) is 0 Å². The van der Waals surface area contributed by atoms with Crippen molar-refractivity contribution in [2.45, 2.75) is 6.42 Å². The summed E-state index contributed by atoms with van der Waals surface area (Å²) in [7, 11) is 0. The summed E-state index contributed by atoms with van der Waals surface area (Å²) in [5.41, 5.74) is 4.86. The summed E-state index contributed by atoms with van der Waals surface area (Å²) in [5.74, 6) is 0. The summed E-state index contributed by atoms with van der Waals surface area (Å²) in [6.07, 6.45) is 7.37. The van der Waals surface area contributed by atoms with E-state index in [0.717, 1.165) is 17.5 Å². The molecule has 2 heteroatoms. The topological polar surface area (TPSA) is 28.1 Å². The molecule has 20 heavy (non-hydrogen) atoms. The molecule has 2 heterocycles. The average Bonchev–Trinajstić information content (AvgIpc) is 3.02. The summed E-state index contributed by atoms with van der Waals surface area (Å²) < 4.78 is 0. The first-order chi connectivity index (χ1) is 9.90. The number of fused-ring (bicyclic) bond motifs is 5. The van der Waals surface area contributed by atoms with Gasteiger partial charge in [0.2, 0.25) is 0 Å². The molecule has 3 aromatic rings. The predicted octanol–water partition coefficient (Wildman–Crippen LogP) is 2.95. The molecule has 2 aliphatic rings. The Bertz CT molecular complexity index is 1060. The highest BCUT2D eigenvalue weighted by Gasteiger charge is 2.15. The summed E-state index contributed by atoms with van der Waals surface area (Å²) in [6, 6.07) is 12.9. The zero-order valence-electron chi connectivity index (χ0n) is 10.9. The number of nitrogens with one attached hydrogen (secondary N) is 1. The van der Waals surface area contributed by atoms with Crippen LogP contribution in [-0.2, 0) is 0 Å². The highest BCUT2D eigenvalue weighted by molar-refractivity contribution is 6.07. The Kier molecular flexibility index (Phi) is 1.78.